The van der Waals surface area contributed by atoms with Gasteiger partial charge in [0.15, 0.2) is 0 Å². The largest absolute Gasteiger partial charge is 0.356 e. The molecule has 4 rings (SSSR count). The zero-order chi connectivity index (χ0) is 15.5. The number of thiophene rings is 1. The van der Waals surface area contributed by atoms with Crippen molar-refractivity contribution in [2.24, 2.45) is 5.92 Å². The van der Waals surface area contributed by atoms with Crippen molar-refractivity contribution >= 4 is 28.3 Å². The molecule has 3 aromatic rings. The summed E-state index contributed by atoms with van der Waals surface area (Å²) in [6.07, 6.45) is 2.53. The van der Waals surface area contributed by atoms with Gasteiger partial charge in [0.05, 0.1) is 11.0 Å². The number of likely N-dealkylation sites (tertiary alicyclic amines) is 1. The van der Waals surface area contributed by atoms with Gasteiger partial charge in [0.2, 0.25) is 5.95 Å². The molecule has 2 aromatic heterocycles. The van der Waals surface area contributed by atoms with Crippen LogP contribution < -0.4 is 5.32 Å². The first-order chi connectivity index (χ1) is 11.4. The van der Waals surface area contributed by atoms with Crippen LogP contribution in [0.25, 0.3) is 11.0 Å². The number of hydrogen-bond donors (Lipinski definition) is 2. The molecular weight excluding hydrogens is 304 g/mol. The number of fused-ring (bicyclic) bond motifs is 1. The number of anilines is 1. The summed E-state index contributed by atoms with van der Waals surface area (Å²) in [7, 11) is 0. The summed E-state index contributed by atoms with van der Waals surface area (Å²) >= 11 is 1.86. The Balaban J connectivity index is 1.26. The maximum absolute atomic E-state index is 4.59. The van der Waals surface area contributed by atoms with Crippen LogP contribution in [0.4, 0.5) is 5.95 Å². The van der Waals surface area contributed by atoms with E-state index in [1.54, 1.807) is 0 Å². The number of nitrogens with zero attached hydrogens (tertiary/aromatic N) is 2. The summed E-state index contributed by atoms with van der Waals surface area (Å²) in [5, 5.41) is 5.65. The number of H-pyrrole nitrogens is 1. The molecule has 1 fully saturated rings. The minimum absolute atomic E-state index is 0.739. The predicted molar refractivity (Wildman–Crippen MR) is 96.9 cm³/mol. The molecule has 0 saturated carbocycles. The first kappa shape index (κ1) is 14.7. The van der Waals surface area contributed by atoms with Crippen LogP contribution in [-0.4, -0.2) is 34.5 Å². The van der Waals surface area contributed by atoms with Crippen molar-refractivity contribution in [1.82, 2.24) is 14.9 Å². The quantitative estimate of drug-likeness (QED) is 0.746. The van der Waals surface area contributed by atoms with E-state index in [1.807, 2.05) is 29.5 Å². The smallest absolute Gasteiger partial charge is 0.201 e. The van der Waals surface area contributed by atoms with E-state index in [2.05, 4.69) is 43.8 Å². The van der Waals surface area contributed by atoms with Crippen molar-refractivity contribution in [3.63, 3.8) is 0 Å². The maximum atomic E-state index is 4.59. The summed E-state index contributed by atoms with van der Waals surface area (Å²) in [4.78, 5) is 12.0. The Bertz CT molecular complexity index is 708. The van der Waals surface area contributed by atoms with E-state index in [0.717, 1.165) is 36.0 Å². The van der Waals surface area contributed by atoms with E-state index < -0.39 is 0 Å². The van der Waals surface area contributed by atoms with Gasteiger partial charge in [-0.1, -0.05) is 18.2 Å². The van der Waals surface area contributed by atoms with Crippen LogP contribution in [0.1, 0.15) is 17.7 Å². The molecule has 23 heavy (non-hydrogen) atoms. The molecule has 1 aliphatic rings. The van der Waals surface area contributed by atoms with E-state index in [1.165, 1.54) is 30.8 Å². The van der Waals surface area contributed by atoms with Crippen molar-refractivity contribution in [3.05, 3.63) is 46.7 Å². The SMILES string of the molecule is c1csc(CN2CCC(CNc3nc4ccccc4[nH]3)CC2)c1. The lowest BCUT2D eigenvalue weighted by Crippen LogP contribution is -2.35. The van der Waals surface area contributed by atoms with Crippen LogP contribution in [-0.2, 0) is 6.54 Å². The number of para-hydroxylation sites is 2. The minimum atomic E-state index is 0.739. The summed E-state index contributed by atoms with van der Waals surface area (Å²) in [6, 6.07) is 12.5. The third-order valence-electron chi connectivity index (χ3n) is 4.61. The molecule has 0 amide bonds. The van der Waals surface area contributed by atoms with Gasteiger partial charge in [0, 0.05) is 18.0 Å². The maximum Gasteiger partial charge on any atom is 0.201 e. The van der Waals surface area contributed by atoms with Crippen LogP contribution in [0.3, 0.4) is 0 Å². The van der Waals surface area contributed by atoms with Gasteiger partial charge in [0.1, 0.15) is 0 Å². The Morgan fingerprint density at radius 2 is 2.04 bits per heavy atom. The Labute approximate surface area is 140 Å². The predicted octanol–water partition coefficient (Wildman–Crippen LogP) is 3.95. The highest BCUT2D eigenvalue weighted by Gasteiger charge is 2.19. The van der Waals surface area contributed by atoms with Gasteiger partial charge in [-0.2, -0.15) is 0 Å². The van der Waals surface area contributed by atoms with Gasteiger partial charge in [-0.05, 0) is 55.4 Å². The normalized spacial score (nSPS) is 16.9. The Morgan fingerprint density at radius 3 is 2.83 bits per heavy atom. The fraction of sp³-hybridized carbons (Fsp3) is 0.389. The molecule has 2 N–H and O–H groups in total. The standard InChI is InChI=1S/C18H22N4S/c1-2-6-17-16(5-1)20-18(21-17)19-12-14-7-9-22(10-8-14)13-15-4-3-11-23-15/h1-6,11,14H,7-10,12-13H2,(H2,19,20,21). The van der Waals surface area contributed by atoms with E-state index in [0.29, 0.717) is 0 Å². The van der Waals surface area contributed by atoms with Crippen molar-refractivity contribution in [2.45, 2.75) is 19.4 Å². The molecule has 0 unspecified atom stereocenters. The van der Waals surface area contributed by atoms with E-state index in [-0.39, 0.29) is 0 Å². The number of benzene rings is 1. The molecule has 0 spiro atoms. The van der Waals surface area contributed by atoms with E-state index in [4.69, 9.17) is 0 Å². The van der Waals surface area contributed by atoms with Gasteiger partial charge < -0.3 is 10.3 Å². The summed E-state index contributed by atoms with van der Waals surface area (Å²) in [6.45, 7) is 4.52. The first-order valence-corrected chi connectivity index (χ1v) is 9.18. The Hall–Kier alpha value is -1.85. The van der Waals surface area contributed by atoms with Gasteiger partial charge in [0.25, 0.3) is 0 Å². The molecule has 3 heterocycles. The monoisotopic (exact) mass is 326 g/mol. The number of piperidine rings is 1. The van der Waals surface area contributed by atoms with Crippen molar-refractivity contribution in [1.29, 1.82) is 0 Å². The van der Waals surface area contributed by atoms with E-state index in [9.17, 15) is 0 Å². The Kier molecular flexibility index (Phi) is 4.30. The van der Waals surface area contributed by atoms with Crippen LogP contribution in [0.15, 0.2) is 41.8 Å². The second kappa shape index (κ2) is 6.72. The molecule has 120 valence electrons. The fourth-order valence-corrected chi connectivity index (χ4v) is 4.00. The molecule has 1 saturated heterocycles. The molecule has 1 aliphatic heterocycles. The highest BCUT2D eigenvalue weighted by atomic mass is 32.1. The average Bonchev–Trinajstić information content (AvgIpc) is 3.23. The summed E-state index contributed by atoms with van der Waals surface area (Å²) in [5.41, 5.74) is 2.13. The summed E-state index contributed by atoms with van der Waals surface area (Å²) < 4.78 is 0. The van der Waals surface area contributed by atoms with Crippen LogP contribution in [0.2, 0.25) is 0 Å². The molecule has 1 aromatic carbocycles. The molecule has 0 aliphatic carbocycles. The molecule has 0 atom stereocenters. The second-order valence-corrected chi connectivity index (χ2v) is 7.31. The van der Waals surface area contributed by atoms with Gasteiger partial charge in [-0.3, -0.25) is 4.90 Å². The van der Waals surface area contributed by atoms with Gasteiger partial charge in [-0.15, -0.1) is 11.3 Å². The molecule has 5 heteroatoms. The minimum Gasteiger partial charge on any atom is -0.356 e. The number of aromatic amines is 1. The molecule has 0 bridgehead atoms. The van der Waals surface area contributed by atoms with Crippen LogP contribution >= 0.6 is 11.3 Å². The lowest BCUT2D eigenvalue weighted by molar-refractivity contribution is 0.183. The van der Waals surface area contributed by atoms with Crippen LogP contribution in [0.5, 0.6) is 0 Å². The second-order valence-electron chi connectivity index (χ2n) is 6.28. The number of rotatable bonds is 5. The molecular formula is C18H22N4S. The van der Waals surface area contributed by atoms with E-state index >= 15 is 0 Å². The number of imidazole rings is 1. The first-order valence-electron chi connectivity index (χ1n) is 8.30. The Morgan fingerprint density at radius 1 is 1.17 bits per heavy atom. The van der Waals surface area contributed by atoms with Crippen molar-refractivity contribution < 1.29 is 0 Å². The van der Waals surface area contributed by atoms with Crippen molar-refractivity contribution in [2.75, 3.05) is 25.0 Å². The zero-order valence-corrected chi connectivity index (χ0v) is 14.0. The summed E-state index contributed by atoms with van der Waals surface area (Å²) in [5.74, 6) is 1.63. The third-order valence-corrected chi connectivity index (χ3v) is 5.48. The number of nitrogens with one attached hydrogen (secondary N) is 2. The average molecular weight is 326 g/mol. The fourth-order valence-electron chi connectivity index (χ4n) is 3.25. The highest BCUT2D eigenvalue weighted by molar-refractivity contribution is 7.09. The van der Waals surface area contributed by atoms with Gasteiger partial charge >= 0.3 is 0 Å². The highest BCUT2D eigenvalue weighted by Crippen LogP contribution is 2.21. The van der Waals surface area contributed by atoms with Gasteiger partial charge in [-0.25, -0.2) is 4.98 Å². The third kappa shape index (κ3) is 3.57. The topological polar surface area (TPSA) is 44.0 Å². The van der Waals surface area contributed by atoms with Crippen molar-refractivity contribution in [3.8, 4) is 0 Å². The lowest BCUT2D eigenvalue weighted by atomic mass is 9.97. The van der Waals surface area contributed by atoms with Crippen LogP contribution in [0, 0.1) is 5.92 Å². The zero-order valence-electron chi connectivity index (χ0n) is 13.2. The number of aromatic nitrogens is 2. The molecule has 4 nitrogen and oxygen atoms in total. The lowest BCUT2D eigenvalue weighted by Gasteiger charge is -2.31. The molecule has 0 radical (unpaired) electrons. The number of hydrogen-bond acceptors (Lipinski definition) is 4.